The van der Waals surface area contributed by atoms with Crippen molar-refractivity contribution < 1.29 is 4.52 Å². The maximum atomic E-state index is 13.2. The van der Waals surface area contributed by atoms with E-state index in [4.69, 9.17) is 9.51 Å². The topological polar surface area (TPSA) is 73.8 Å². The summed E-state index contributed by atoms with van der Waals surface area (Å²) < 4.78 is 7.26. The summed E-state index contributed by atoms with van der Waals surface area (Å²) in [7, 11) is 0. The van der Waals surface area contributed by atoms with Crippen LogP contribution >= 0.6 is 23.1 Å². The molecule has 0 aliphatic heterocycles. The number of thioether (sulfide) groups is 1. The highest BCUT2D eigenvalue weighted by atomic mass is 32.2. The largest absolute Gasteiger partial charge is 0.338 e. The van der Waals surface area contributed by atoms with Crippen molar-refractivity contribution in [2.75, 3.05) is 0 Å². The van der Waals surface area contributed by atoms with Crippen LogP contribution in [0.25, 0.3) is 10.2 Å². The van der Waals surface area contributed by atoms with Gasteiger partial charge in [-0.15, -0.1) is 11.3 Å². The van der Waals surface area contributed by atoms with E-state index in [0.717, 1.165) is 41.1 Å². The van der Waals surface area contributed by atoms with Crippen LogP contribution in [-0.4, -0.2) is 19.7 Å². The Balaban J connectivity index is 1.73. The fourth-order valence-electron chi connectivity index (χ4n) is 3.42. The number of fused-ring (bicyclic) bond motifs is 3. The molecular formula is C19H24N4O2S2. The molecule has 0 amide bonds. The van der Waals surface area contributed by atoms with Crippen molar-refractivity contribution in [1.82, 2.24) is 19.7 Å². The quantitative estimate of drug-likeness (QED) is 0.437. The normalized spacial score (nSPS) is 15.0. The van der Waals surface area contributed by atoms with Crippen LogP contribution < -0.4 is 5.56 Å². The predicted molar refractivity (Wildman–Crippen MR) is 109 cm³/mol. The molecule has 0 N–H and O–H groups in total. The van der Waals surface area contributed by atoms with Gasteiger partial charge in [0.05, 0.1) is 10.6 Å². The highest BCUT2D eigenvalue weighted by Crippen LogP contribution is 2.38. The molecule has 0 bridgehead atoms. The summed E-state index contributed by atoms with van der Waals surface area (Å²) in [5.41, 5.74) is 1.34. The third-order valence-corrected chi connectivity index (χ3v) is 7.10. The van der Waals surface area contributed by atoms with Crippen molar-refractivity contribution in [3.8, 4) is 0 Å². The van der Waals surface area contributed by atoms with Gasteiger partial charge < -0.3 is 4.52 Å². The monoisotopic (exact) mass is 404 g/mol. The van der Waals surface area contributed by atoms with Gasteiger partial charge in [-0.05, 0) is 38.2 Å². The second kappa shape index (κ2) is 7.39. The summed E-state index contributed by atoms with van der Waals surface area (Å²) in [6.45, 7) is 8.85. The molecule has 0 saturated heterocycles. The van der Waals surface area contributed by atoms with Gasteiger partial charge in [-0.25, -0.2) is 4.98 Å². The average Bonchev–Trinajstić information content (AvgIpc) is 3.33. The van der Waals surface area contributed by atoms with E-state index in [0.29, 0.717) is 18.3 Å². The van der Waals surface area contributed by atoms with Crippen LogP contribution in [0.4, 0.5) is 0 Å². The van der Waals surface area contributed by atoms with E-state index in [9.17, 15) is 4.79 Å². The van der Waals surface area contributed by atoms with Crippen LogP contribution in [0.2, 0.25) is 0 Å². The van der Waals surface area contributed by atoms with Gasteiger partial charge >= 0.3 is 0 Å². The molecule has 144 valence electrons. The molecular weight excluding hydrogens is 380 g/mol. The third-order valence-electron chi connectivity index (χ3n) is 4.84. The first kappa shape index (κ1) is 18.7. The molecule has 3 aromatic heterocycles. The average molecular weight is 405 g/mol. The van der Waals surface area contributed by atoms with Gasteiger partial charge in [0.1, 0.15) is 4.83 Å². The number of nitrogens with zero attached hydrogens (tertiary/aromatic N) is 4. The molecule has 1 aliphatic rings. The standard InChI is InChI=1S/C19H24N4O2S2/c1-5-9-23-18(24)14-12-7-6-8-13(12)27-17(14)21-19(23)26-11(4)16-20-15(10(2)3)22-25-16/h10-11H,5-9H2,1-4H3/t11-/m1/s1. The molecule has 0 radical (unpaired) electrons. The van der Waals surface area contributed by atoms with Gasteiger partial charge in [0, 0.05) is 17.3 Å². The fraction of sp³-hybridized carbons (Fsp3) is 0.579. The summed E-state index contributed by atoms with van der Waals surface area (Å²) in [5, 5.41) is 5.57. The second-order valence-electron chi connectivity index (χ2n) is 7.29. The van der Waals surface area contributed by atoms with Crippen LogP contribution in [0.1, 0.15) is 73.9 Å². The zero-order valence-electron chi connectivity index (χ0n) is 16.1. The van der Waals surface area contributed by atoms with E-state index in [2.05, 4.69) is 17.1 Å². The SMILES string of the molecule is CCCn1c(S[C@H](C)c2nc(C(C)C)no2)nc2sc3c(c2c1=O)CCC3. The Labute approximate surface area is 166 Å². The molecule has 4 rings (SSSR count). The summed E-state index contributed by atoms with van der Waals surface area (Å²) in [6, 6.07) is 0. The smallest absolute Gasteiger partial charge is 0.263 e. The van der Waals surface area contributed by atoms with Gasteiger partial charge in [-0.2, -0.15) is 4.98 Å². The molecule has 0 fully saturated rings. The zero-order chi connectivity index (χ0) is 19.1. The first-order chi connectivity index (χ1) is 13.0. The van der Waals surface area contributed by atoms with Gasteiger partial charge in [-0.1, -0.05) is 37.7 Å². The maximum absolute atomic E-state index is 13.2. The van der Waals surface area contributed by atoms with E-state index in [1.807, 2.05) is 25.3 Å². The lowest BCUT2D eigenvalue weighted by molar-refractivity contribution is 0.372. The molecule has 8 heteroatoms. The fourth-order valence-corrected chi connectivity index (χ4v) is 5.69. The van der Waals surface area contributed by atoms with Crippen LogP contribution in [0.3, 0.4) is 0 Å². The molecule has 0 unspecified atom stereocenters. The third kappa shape index (κ3) is 3.33. The van der Waals surface area contributed by atoms with E-state index < -0.39 is 0 Å². The Bertz CT molecular complexity index is 1030. The first-order valence-corrected chi connectivity index (χ1v) is 11.2. The van der Waals surface area contributed by atoms with E-state index in [-0.39, 0.29) is 16.7 Å². The Morgan fingerprint density at radius 1 is 1.26 bits per heavy atom. The minimum Gasteiger partial charge on any atom is -0.338 e. The molecule has 1 aliphatic carbocycles. The minimum absolute atomic E-state index is 0.0655. The van der Waals surface area contributed by atoms with Gasteiger partial charge in [0.15, 0.2) is 11.0 Å². The maximum Gasteiger partial charge on any atom is 0.263 e. The van der Waals surface area contributed by atoms with Crippen LogP contribution in [-0.2, 0) is 19.4 Å². The van der Waals surface area contributed by atoms with E-state index >= 15 is 0 Å². The molecule has 3 heterocycles. The van der Waals surface area contributed by atoms with Crippen molar-refractivity contribution >= 4 is 33.3 Å². The number of aryl methyl sites for hydroxylation is 2. The van der Waals surface area contributed by atoms with E-state index in [1.54, 1.807) is 11.3 Å². The lowest BCUT2D eigenvalue weighted by atomic mass is 10.2. The number of rotatable bonds is 6. The van der Waals surface area contributed by atoms with Crippen molar-refractivity contribution in [2.24, 2.45) is 0 Å². The lowest BCUT2D eigenvalue weighted by Crippen LogP contribution is -2.23. The van der Waals surface area contributed by atoms with Crippen molar-refractivity contribution in [3.63, 3.8) is 0 Å². The van der Waals surface area contributed by atoms with Gasteiger partial charge in [0.2, 0.25) is 5.89 Å². The highest BCUT2D eigenvalue weighted by molar-refractivity contribution is 7.99. The summed E-state index contributed by atoms with van der Waals surface area (Å²) in [5.74, 6) is 1.51. The lowest BCUT2D eigenvalue weighted by Gasteiger charge is -2.13. The molecule has 27 heavy (non-hydrogen) atoms. The number of hydrogen-bond acceptors (Lipinski definition) is 7. The van der Waals surface area contributed by atoms with Crippen LogP contribution in [0.15, 0.2) is 14.5 Å². The molecule has 3 aromatic rings. The van der Waals surface area contributed by atoms with Gasteiger partial charge in [0.25, 0.3) is 5.56 Å². The first-order valence-electron chi connectivity index (χ1n) is 9.54. The Hall–Kier alpha value is -1.67. The number of hydrogen-bond donors (Lipinski definition) is 0. The Kier molecular flexibility index (Phi) is 5.11. The second-order valence-corrected chi connectivity index (χ2v) is 9.69. The Morgan fingerprint density at radius 3 is 2.78 bits per heavy atom. The molecule has 0 aromatic carbocycles. The molecule has 0 spiro atoms. The van der Waals surface area contributed by atoms with Crippen LogP contribution in [0, 0.1) is 0 Å². The zero-order valence-corrected chi connectivity index (χ0v) is 17.7. The number of thiophene rings is 1. The summed E-state index contributed by atoms with van der Waals surface area (Å²) >= 11 is 3.20. The van der Waals surface area contributed by atoms with Crippen molar-refractivity contribution in [2.45, 2.75) is 76.2 Å². The van der Waals surface area contributed by atoms with E-state index in [1.165, 1.54) is 22.2 Å². The van der Waals surface area contributed by atoms with Gasteiger partial charge in [-0.3, -0.25) is 9.36 Å². The number of aromatic nitrogens is 4. The molecule has 0 saturated carbocycles. The Morgan fingerprint density at radius 2 is 2.07 bits per heavy atom. The summed E-state index contributed by atoms with van der Waals surface area (Å²) in [4.78, 5) is 24.8. The predicted octanol–water partition coefficient (Wildman–Crippen LogP) is 4.72. The van der Waals surface area contributed by atoms with Crippen LogP contribution in [0.5, 0.6) is 0 Å². The molecule has 6 nitrogen and oxygen atoms in total. The van der Waals surface area contributed by atoms with Crippen molar-refractivity contribution in [1.29, 1.82) is 0 Å². The van der Waals surface area contributed by atoms with Crippen molar-refractivity contribution in [3.05, 3.63) is 32.5 Å². The summed E-state index contributed by atoms with van der Waals surface area (Å²) in [6.07, 6.45) is 4.11. The minimum atomic E-state index is -0.0655. The molecule has 1 atom stereocenters. The highest BCUT2D eigenvalue weighted by Gasteiger charge is 2.25.